The third-order valence-corrected chi connectivity index (χ3v) is 9.01. The summed E-state index contributed by atoms with van der Waals surface area (Å²) in [6, 6.07) is 8.94. The summed E-state index contributed by atoms with van der Waals surface area (Å²) in [4.78, 5) is 43.9. The highest BCUT2D eigenvalue weighted by Crippen LogP contribution is 2.64. The van der Waals surface area contributed by atoms with Gasteiger partial charge in [0.25, 0.3) is 0 Å². The zero-order valence-electron chi connectivity index (χ0n) is 25.2. The van der Waals surface area contributed by atoms with Gasteiger partial charge in [-0.3, -0.25) is 14.4 Å². The van der Waals surface area contributed by atoms with Gasteiger partial charge in [-0.05, 0) is 69.8 Å². The molecule has 8 heteroatoms. The van der Waals surface area contributed by atoms with E-state index >= 15 is 0 Å². The number of carbonyl (C=O) groups is 3. The van der Waals surface area contributed by atoms with E-state index in [1.165, 1.54) is 0 Å². The smallest absolute Gasteiger partial charge is 0.246 e. The summed E-state index contributed by atoms with van der Waals surface area (Å²) in [5.41, 5.74) is -1.28. The quantitative estimate of drug-likeness (QED) is 0.339. The highest BCUT2D eigenvalue weighted by Gasteiger charge is 2.78. The van der Waals surface area contributed by atoms with Crippen molar-refractivity contribution >= 4 is 17.7 Å². The molecule has 2 unspecified atom stereocenters. The number of amides is 3. The maximum Gasteiger partial charge on any atom is 0.246 e. The molecule has 1 aromatic rings. The lowest BCUT2D eigenvalue weighted by molar-refractivity contribution is -0.148. The lowest BCUT2D eigenvalue weighted by Gasteiger charge is -2.38. The van der Waals surface area contributed by atoms with Crippen LogP contribution < -0.4 is 10.6 Å². The maximum atomic E-state index is 14.2. The molecule has 0 saturated carbocycles. The first-order chi connectivity index (χ1) is 18.8. The summed E-state index contributed by atoms with van der Waals surface area (Å²) >= 11 is 0. The van der Waals surface area contributed by atoms with Crippen molar-refractivity contribution in [2.45, 2.75) is 116 Å². The van der Waals surface area contributed by atoms with Gasteiger partial charge in [0.2, 0.25) is 17.7 Å². The van der Waals surface area contributed by atoms with Gasteiger partial charge in [0.1, 0.15) is 11.6 Å². The second-order valence-corrected chi connectivity index (χ2v) is 14.0. The number of nitrogens with one attached hydrogen (secondary N) is 2. The number of aliphatic hydroxyl groups excluding tert-OH is 1. The Labute approximate surface area is 239 Å². The Morgan fingerprint density at radius 1 is 1.05 bits per heavy atom. The van der Waals surface area contributed by atoms with Crippen LogP contribution in [0.2, 0.25) is 0 Å². The zero-order valence-corrected chi connectivity index (χ0v) is 25.2. The van der Waals surface area contributed by atoms with Crippen molar-refractivity contribution in [2.24, 2.45) is 17.3 Å². The van der Waals surface area contributed by atoms with Gasteiger partial charge >= 0.3 is 0 Å². The van der Waals surface area contributed by atoms with Gasteiger partial charge in [0.05, 0.1) is 17.4 Å². The lowest BCUT2D eigenvalue weighted by atomic mass is 9.65. The summed E-state index contributed by atoms with van der Waals surface area (Å²) in [5, 5.41) is 15.6. The molecule has 0 aliphatic carbocycles. The molecule has 3 N–H and O–H groups in total. The number of carbonyl (C=O) groups excluding carboxylic acids is 3. The van der Waals surface area contributed by atoms with Gasteiger partial charge < -0.3 is 25.4 Å². The predicted octanol–water partition coefficient (Wildman–Crippen LogP) is 3.95. The van der Waals surface area contributed by atoms with E-state index in [9.17, 15) is 19.5 Å². The number of hydrogen-bond donors (Lipinski definition) is 3. The minimum Gasteiger partial charge on any atom is -0.396 e. The standard InChI is InChI=1S/C32H49N3O5/c1-7-31-16-17-32(40-31)24(23(31)26(37)33-20-22-14-10-8-11-15-22)28(39)35(18-12-9-13-19-36)25(32)27(38)34-30(5,6)21-29(2,3)4/h8,10-11,14-15,23-25,36H,7,9,12-13,16-21H2,1-6H3,(H,33,37)(H,34,38)/t23-,24+,25?,31+,32?/m1/s1. The van der Waals surface area contributed by atoms with E-state index in [2.05, 4.69) is 31.4 Å². The van der Waals surface area contributed by atoms with Gasteiger partial charge in [-0.1, -0.05) is 58.0 Å². The van der Waals surface area contributed by atoms with Gasteiger partial charge in [-0.2, -0.15) is 0 Å². The number of fused-ring (bicyclic) bond motifs is 1. The molecule has 3 saturated heterocycles. The molecule has 0 radical (unpaired) electrons. The fraction of sp³-hybridized carbons (Fsp3) is 0.719. The number of benzene rings is 1. The molecular formula is C32H49N3O5. The Morgan fingerprint density at radius 2 is 1.75 bits per heavy atom. The monoisotopic (exact) mass is 555 g/mol. The van der Waals surface area contributed by atoms with Crippen LogP contribution in [-0.2, 0) is 25.7 Å². The summed E-state index contributed by atoms with van der Waals surface area (Å²) in [6.45, 7) is 13.4. The molecule has 3 amide bonds. The van der Waals surface area contributed by atoms with Crippen LogP contribution in [0.3, 0.4) is 0 Å². The fourth-order valence-electron chi connectivity index (χ4n) is 7.89. The molecule has 3 heterocycles. The lowest BCUT2D eigenvalue weighted by Crippen LogP contribution is -2.59. The molecule has 3 aliphatic rings. The van der Waals surface area contributed by atoms with E-state index in [1.54, 1.807) is 4.90 Å². The van der Waals surface area contributed by atoms with E-state index in [1.807, 2.05) is 51.1 Å². The third-order valence-electron chi connectivity index (χ3n) is 9.01. The first-order valence-electron chi connectivity index (χ1n) is 15.0. The Hall–Kier alpha value is -2.45. The summed E-state index contributed by atoms with van der Waals surface area (Å²) in [5.74, 6) is -1.89. The van der Waals surface area contributed by atoms with Crippen molar-refractivity contribution in [3.05, 3.63) is 35.9 Å². The van der Waals surface area contributed by atoms with Crippen LogP contribution in [0.4, 0.5) is 0 Å². The van der Waals surface area contributed by atoms with Crippen LogP contribution in [0.5, 0.6) is 0 Å². The summed E-state index contributed by atoms with van der Waals surface area (Å²) in [6.07, 6.45) is 4.66. The van der Waals surface area contributed by atoms with Gasteiger partial charge in [-0.15, -0.1) is 0 Å². The molecule has 222 valence electrons. The third kappa shape index (κ3) is 5.80. The Kier molecular flexibility index (Phi) is 8.72. The number of nitrogens with zero attached hydrogens (tertiary/aromatic N) is 1. The Bertz CT molecular complexity index is 1080. The van der Waals surface area contributed by atoms with E-state index in [0.717, 1.165) is 18.4 Å². The van der Waals surface area contributed by atoms with Crippen molar-refractivity contribution in [1.29, 1.82) is 0 Å². The van der Waals surface area contributed by atoms with Crippen LogP contribution in [-0.4, -0.2) is 63.7 Å². The van der Waals surface area contributed by atoms with Crippen molar-refractivity contribution in [3.63, 3.8) is 0 Å². The maximum absolute atomic E-state index is 14.2. The van der Waals surface area contributed by atoms with Gasteiger partial charge in [0, 0.05) is 25.2 Å². The van der Waals surface area contributed by atoms with Crippen LogP contribution >= 0.6 is 0 Å². The van der Waals surface area contributed by atoms with Crippen LogP contribution in [0, 0.1) is 17.3 Å². The van der Waals surface area contributed by atoms with Gasteiger partial charge in [-0.25, -0.2) is 0 Å². The summed E-state index contributed by atoms with van der Waals surface area (Å²) in [7, 11) is 0. The largest absolute Gasteiger partial charge is 0.396 e. The molecule has 1 spiro atoms. The zero-order chi connectivity index (χ0) is 29.3. The Balaban J connectivity index is 1.65. The number of ether oxygens (including phenoxy) is 1. The molecule has 3 fully saturated rings. The number of aliphatic hydroxyl groups is 1. The average Bonchev–Trinajstić information content (AvgIpc) is 3.47. The van der Waals surface area contributed by atoms with E-state index in [4.69, 9.17) is 4.74 Å². The minimum absolute atomic E-state index is 0.00357. The molecule has 0 aromatic heterocycles. The highest BCUT2D eigenvalue weighted by atomic mass is 16.5. The molecule has 5 atom stereocenters. The van der Waals surface area contributed by atoms with E-state index < -0.39 is 34.6 Å². The molecular weight excluding hydrogens is 506 g/mol. The SMILES string of the molecule is CC[C@@]12CCC3(O1)C(C(=O)NC(C)(C)CC(C)(C)C)N(CCCCCO)C(=O)[C@@H]3[C@@H]2C(=O)NCc1ccccc1. The van der Waals surface area contributed by atoms with Crippen LogP contribution in [0.15, 0.2) is 30.3 Å². The second-order valence-electron chi connectivity index (χ2n) is 14.0. The second kappa shape index (κ2) is 11.4. The molecule has 4 rings (SSSR count). The molecule has 2 bridgehead atoms. The first-order valence-corrected chi connectivity index (χ1v) is 15.0. The number of hydrogen-bond acceptors (Lipinski definition) is 5. The highest BCUT2D eigenvalue weighted by molar-refractivity contribution is 5.99. The van der Waals surface area contributed by atoms with Crippen molar-refractivity contribution < 1.29 is 24.2 Å². The average molecular weight is 556 g/mol. The van der Waals surface area contributed by atoms with Crippen LogP contribution in [0.25, 0.3) is 0 Å². The van der Waals surface area contributed by atoms with Crippen LogP contribution in [0.1, 0.15) is 92.1 Å². The normalized spacial score (nSPS) is 29.5. The minimum atomic E-state index is -1.03. The predicted molar refractivity (Wildman–Crippen MR) is 154 cm³/mol. The molecule has 40 heavy (non-hydrogen) atoms. The molecule has 1 aromatic carbocycles. The fourth-order valence-corrected chi connectivity index (χ4v) is 7.89. The number of unbranched alkanes of at least 4 members (excludes halogenated alkanes) is 2. The Morgan fingerprint density at radius 3 is 2.38 bits per heavy atom. The number of rotatable bonds is 12. The van der Waals surface area contributed by atoms with Crippen molar-refractivity contribution in [1.82, 2.24) is 15.5 Å². The van der Waals surface area contributed by atoms with E-state index in [0.29, 0.717) is 45.2 Å². The summed E-state index contributed by atoms with van der Waals surface area (Å²) < 4.78 is 6.86. The van der Waals surface area contributed by atoms with Crippen molar-refractivity contribution in [3.8, 4) is 0 Å². The first kappa shape index (κ1) is 30.5. The van der Waals surface area contributed by atoms with Gasteiger partial charge in [0.15, 0.2) is 0 Å². The molecule has 8 nitrogen and oxygen atoms in total. The molecule has 3 aliphatic heterocycles. The van der Waals surface area contributed by atoms with E-state index in [-0.39, 0.29) is 29.7 Å². The topological polar surface area (TPSA) is 108 Å². The van der Waals surface area contributed by atoms with Crippen molar-refractivity contribution in [2.75, 3.05) is 13.2 Å². The number of likely N-dealkylation sites (tertiary alicyclic amines) is 1.